The molecule has 2 heterocycles. The van der Waals surface area contributed by atoms with E-state index in [0.717, 1.165) is 26.9 Å². The van der Waals surface area contributed by atoms with Crippen LogP contribution in [0.2, 0.25) is 6.32 Å². The molecule has 0 aromatic heterocycles. The van der Waals surface area contributed by atoms with Crippen LogP contribution in [-0.4, -0.2) is 64.0 Å². The van der Waals surface area contributed by atoms with Gasteiger partial charge in [-0.1, -0.05) is 46.6 Å². The van der Waals surface area contributed by atoms with Crippen LogP contribution in [0.25, 0.3) is 6.08 Å². The summed E-state index contributed by atoms with van der Waals surface area (Å²) in [5, 5.41) is 50.6. The Morgan fingerprint density at radius 1 is 1.17 bits per heavy atom. The van der Waals surface area contributed by atoms with E-state index in [1.165, 1.54) is 12.1 Å². The van der Waals surface area contributed by atoms with Gasteiger partial charge in [0.05, 0.1) is 30.2 Å². The molecule has 5 rings (SSSR count). The molecule has 2 fully saturated rings. The number of phenolic OH excluding ortho intramolecular Hbond substituents is 1. The van der Waals surface area contributed by atoms with Crippen molar-refractivity contribution in [1.82, 2.24) is 0 Å². The minimum absolute atomic E-state index is 0.126. The fourth-order valence-corrected chi connectivity index (χ4v) is 6.90. The van der Waals surface area contributed by atoms with Gasteiger partial charge in [0.25, 0.3) is 0 Å². The van der Waals surface area contributed by atoms with Crippen LogP contribution in [0.15, 0.2) is 63.7 Å². The van der Waals surface area contributed by atoms with Crippen molar-refractivity contribution in [2.75, 3.05) is 11.5 Å². The highest BCUT2D eigenvalue weighted by molar-refractivity contribution is 9.10. The zero-order valence-corrected chi connectivity index (χ0v) is 24.2. The number of fused-ring (bicyclic) bond motifs is 3. The number of rotatable bonds is 8. The Hall–Kier alpha value is -2.73. The van der Waals surface area contributed by atoms with Crippen LogP contribution in [0, 0.1) is 17.8 Å². The van der Waals surface area contributed by atoms with Crippen LogP contribution in [0.5, 0.6) is 5.75 Å². The number of hydrogen-bond donors (Lipinski definition) is 5. The van der Waals surface area contributed by atoms with Crippen LogP contribution in [0.4, 0.5) is 5.69 Å². The minimum Gasteiger partial charge on any atom is -0.507 e. The maximum absolute atomic E-state index is 13.8. The molecule has 2 aliphatic heterocycles. The number of nitrogens with zero attached hydrogens (tertiary/aromatic N) is 1. The molecule has 0 saturated carbocycles. The first-order valence-electron chi connectivity index (χ1n) is 13.8. The van der Waals surface area contributed by atoms with Gasteiger partial charge in [-0.15, -0.1) is 0 Å². The number of aliphatic hydroxyl groups is 1. The summed E-state index contributed by atoms with van der Waals surface area (Å²) >= 11 is 3.43. The normalized spacial score (nSPS) is 24.6. The van der Waals surface area contributed by atoms with Crippen molar-refractivity contribution in [1.29, 1.82) is 0 Å². The zero-order chi connectivity index (χ0) is 29.4. The van der Waals surface area contributed by atoms with Gasteiger partial charge in [-0.05, 0) is 84.9 Å². The van der Waals surface area contributed by atoms with Gasteiger partial charge in [0.2, 0.25) is 11.8 Å². The van der Waals surface area contributed by atoms with Crippen LogP contribution < -0.4 is 10.4 Å². The van der Waals surface area contributed by atoms with E-state index >= 15 is 0 Å². The molecule has 0 spiro atoms. The Labute approximate surface area is 247 Å². The number of aliphatic hydroxyl groups excluding tert-OH is 1. The van der Waals surface area contributed by atoms with Crippen LogP contribution in [0.1, 0.15) is 38.2 Å². The van der Waals surface area contributed by atoms with Crippen molar-refractivity contribution >= 4 is 59.2 Å². The number of aromatic hydroxyl groups is 1. The molecule has 12 heteroatoms. The van der Waals surface area contributed by atoms with Gasteiger partial charge in [0.15, 0.2) is 0 Å². The largest absolute Gasteiger partial charge is 0.507 e. The molecule has 3 aliphatic rings. The number of halogens is 1. The smallest absolute Gasteiger partial charge is 0.488 e. The fraction of sp³-hybridized carbons (Fsp3) is 0.379. The second-order valence-electron chi connectivity index (χ2n) is 10.9. The predicted octanol–water partition coefficient (Wildman–Crippen LogP) is 2.40. The molecule has 2 aromatic rings. The summed E-state index contributed by atoms with van der Waals surface area (Å²) in [6, 6.07) is 11.2. The second kappa shape index (κ2) is 12.2. The maximum Gasteiger partial charge on any atom is 0.488 e. The van der Waals surface area contributed by atoms with Gasteiger partial charge in [0.1, 0.15) is 5.75 Å². The summed E-state index contributed by atoms with van der Waals surface area (Å²) in [7, 11) is -2.89. The molecule has 0 unspecified atom stereocenters. The topological polar surface area (TPSA) is 148 Å². The third kappa shape index (κ3) is 5.82. The lowest BCUT2D eigenvalue weighted by Crippen LogP contribution is -2.46. The minimum atomic E-state index is -1.75. The molecule has 2 amide bonds. The van der Waals surface area contributed by atoms with Gasteiger partial charge >= 0.3 is 14.2 Å². The first kappa shape index (κ1) is 29.8. The third-order valence-electron chi connectivity index (χ3n) is 8.46. The summed E-state index contributed by atoms with van der Waals surface area (Å²) in [6.45, 7) is 1.73. The fourth-order valence-electron chi connectivity index (χ4n) is 6.52. The molecule has 9 nitrogen and oxygen atoms in total. The van der Waals surface area contributed by atoms with E-state index in [9.17, 15) is 34.9 Å². The summed E-state index contributed by atoms with van der Waals surface area (Å²) in [5.74, 6) is -2.55. The Bertz CT molecular complexity index is 1410. The standard InChI is InChI=1S/C29H32B2BrNO8/c1-2-16(10-17-11-20(32)7-8-24(17)35)6-9-25-26-18(15-34)12-22-27(23(26)14-30(38)41-25)29(37)33(28(22)36)21-5-3-4-19(13-21)31(39)40/h3-5,7-8,10-11,13,22-23,25,27,34-35,38-40H,2,6,9,12,14-15H2,1H3/b16-10+/t22-,23+,25-,27-/m1/s1. The average Bonchev–Trinajstić information content (AvgIpc) is 3.21. The van der Waals surface area contributed by atoms with E-state index in [4.69, 9.17) is 4.65 Å². The van der Waals surface area contributed by atoms with Crippen LogP contribution in [-0.2, 0) is 14.2 Å². The highest BCUT2D eigenvalue weighted by Gasteiger charge is 2.57. The highest BCUT2D eigenvalue weighted by atomic mass is 79.9. The van der Waals surface area contributed by atoms with Gasteiger partial charge in [0, 0.05) is 10.0 Å². The zero-order valence-electron chi connectivity index (χ0n) is 22.6. The van der Waals surface area contributed by atoms with Crippen molar-refractivity contribution < 1.29 is 39.5 Å². The first-order valence-corrected chi connectivity index (χ1v) is 14.6. The Kier molecular flexibility index (Phi) is 8.89. The lowest BCUT2D eigenvalue weighted by molar-refractivity contribution is -0.122. The molecule has 0 bridgehead atoms. The number of amides is 2. The van der Waals surface area contributed by atoms with E-state index in [1.54, 1.807) is 24.3 Å². The number of carbonyl (C=O) groups is 2. The molecule has 1 aliphatic carbocycles. The Morgan fingerprint density at radius 3 is 2.66 bits per heavy atom. The lowest BCUT2D eigenvalue weighted by atomic mass is 9.58. The molecular formula is C29H32B2BrNO8. The van der Waals surface area contributed by atoms with E-state index in [-0.39, 0.29) is 36.2 Å². The van der Waals surface area contributed by atoms with E-state index in [2.05, 4.69) is 15.9 Å². The van der Waals surface area contributed by atoms with E-state index < -0.39 is 49.9 Å². The van der Waals surface area contributed by atoms with E-state index in [1.807, 2.05) is 19.1 Å². The molecule has 4 atom stereocenters. The van der Waals surface area contributed by atoms with Gasteiger partial charge < -0.3 is 29.9 Å². The molecule has 0 radical (unpaired) electrons. The van der Waals surface area contributed by atoms with Gasteiger partial charge in [-0.2, -0.15) is 0 Å². The number of anilines is 1. The van der Waals surface area contributed by atoms with Crippen LogP contribution in [0.3, 0.4) is 0 Å². The summed E-state index contributed by atoms with van der Waals surface area (Å²) in [6.07, 6.45) is 3.52. The summed E-state index contributed by atoms with van der Waals surface area (Å²) in [4.78, 5) is 28.5. The Balaban J connectivity index is 1.43. The number of allylic oxidation sites excluding steroid dienone is 1. The number of imide groups is 1. The van der Waals surface area contributed by atoms with Crippen molar-refractivity contribution in [2.45, 2.75) is 45.0 Å². The number of benzene rings is 2. The number of hydrogen-bond acceptors (Lipinski definition) is 8. The summed E-state index contributed by atoms with van der Waals surface area (Å²) < 4.78 is 6.82. The van der Waals surface area contributed by atoms with E-state index in [0.29, 0.717) is 24.0 Å². The summed E-state index contributed by atoms with van der Waals surface area (Å²) in [5.41, 5.74) is 3.59. The molecule has 214 valence electrons. The maximum atomic E-state index is 13.8. The quantitative estimate of drug-likeness (QED) is 0.171. The molecular weight excluding hydrogens is 592 g/mol. The monoisotopic (exact) mass is 623 g/mol. The Morgan fingerprint density at radius 2 is 1.95 bits per heavy atom. The van der Waals surface area contributed by atoms with Gasteiger partial charge in [-0.25, -0.2) is 0 Å². The van der Waals surface area contributed by atoms with Crippen LogP contribution >= 0.6 is 15.9 Å². The lowest BCUT2D eigenvalue weighted by Gasteiger charge is -2.43. The van der Waals surface area contributed by atoms with Crippen molar-refractivity contribution in [3.05, 3.63) is 69.2 Å². The first-order chi connectivity index (χ1) is 19.6. The van der Waals surface area contributed by atoms with Crippen molar-refractivity contribution in [3.63, 3.8) is 0 Å². The average molecular weight is 624 g/mol. The van der Waals surface area contributed by atoms with Gasteiger partial charge in [-0.3, -0.25) is 14.5 Å². The SMILES string of the molecule is CC/C(=C\c1cc(Br)ccc1O)CC[C@H]1OB(O)C[C@H]2C1=C(CO)C[C@H]1C(=O)N(c3cccc(B(O)O)c3)C(=O)[C@H]12. The number of carbonyl (C=O) groups excluding carboxylic acids is 2. The second-order valence-corrected chi connectivity index (χ2v) is 11.8. The molecule has 41 heavy (non-hydrogen) atoms. The number of phenols is 1. The molecule has 2 aromatic carbocycles. The third-order valence-corrected chi connectivity index (χ3v) is 8.95. The molecule has 2 saturated heterocycles. The predicted molar refractivity (Wildman–Crippen MR) is 159 cm³/mol. The van der Waals surface area contributed by atoms with Crippen molar-refractivity contribution in [2.24, 2.45) is 17.8 Å². The molecule has 5 N–H and O–H groups in total. The van der Waals surface area contributed by atoms with Crippen molar-refractivity contribution in [3.8, 4) is 5.75 Å². The highest BCUT2D eigenvalue weighted by Crippen LogP contribution is 2.51.